The Kier molecular flexibility index (Phi) is 6.10. The number of benzene rings is 4. The SMILES string of the molecule is Cc1ccccc1-c1ccc(F)c2c(CCCOc3cccc4ccccc34)c(OC(=O)O)[nH]c12. The molecule has 5 nitrogen and oxygen atoms in total. The molecule has 1 aromatic heterocycles. The van der Waals surface area contributed by atoms with E-state index in [2.05, 4.69) is 4.98 Å². The second-order valence-corrected chi connectivity index (χ2v) is 8.39. The fourth-order valence-electron chi connectivity index (χ4n) is 4.57. The molecular weight excluding hydrogens is 445 g/mol. The molecule has 0 amide bonds. The normalized spacial score (nSPS) is 11.1. The van der Waals surface area contributed by atoms with Gasteiger partial charge in [-0.1, -0.05) is 60.7 Å². The van der Waals surface area contributed by atoms with Crippen LogP contribution in [-0.4, -0.2) is 22.9 Å². The van der Waals surface area contributed by atoms with Gasteiger partial charge in [-0.25, -0.2) is 9.18 Å². The number of rotatable bonds is 7. The summed E-state index contributed by atoms with van der Waals surface area (Å²) in [6, 6.07) is 24.8. The van der Waals surface area contributed by atoms with Crippen LogP contribution in [0.5, 0.6) is 11.6 Å². The van der Waals surface area contributed by atoms with E-state index in [0.29, 0.717) is 35.9 Å². The van der Waals surface area contributed by atoms with Gasteiger partial charge in [-0.2, -0.15) is 0 Å². The van der Waals surface area contributed by atoms with Gasteiger partial charge in [-0.05, 0) is 54.5 Å². The first-order valence-electron chi connectivity index (χ1n) is 11.4. The quantitative estimate of drug-likeness (QED) is 0.191. The van der Waals surface area contributed by atoms with Gasteiger partial charge in [-0.3, -0.25) is 0 Å². The van der Waals surface area contributed by atoms with Gasteiger partial charge >= 0.3 is 6.16 Å². The molecule has 176 valence electrons. The van der Waals surface area contributed by atoms with Gasteiger partial charge in [-0.15, -0.1) is 0 Å². The van der Waals surface area contributed by atoms with Crippen molar-refractivity contribution >= 4 is 27.8 Å². The number of carbonyl (C=O) groups is 1. The Labute approximate surface area is 201 Å². The lowest BCUT2D eigenvalue weighted by Crippen LogP contribution is -2.06. The molecule has 4 aromatic carbocycles. The second-order valence-electron chi connectivity index (χ2n) is 8.39. The molecule has 0 unspecified atom stereocenters. The van der Waals surface area contributed by atoms with E-state index in [9.17, 15) is 9.90 Å². The van der Waals surface area contributed by atoms with Crippen molar-refractivity contribution in [3.8, 4) is 22.8 Å². The lowest BCUT2D eigenvalue weighted by atomic mass is 9.97. The molecule has 0 fully saturated rings. The highest BCUT2D eigenvalue weighted by Gasteiger charge is 2.21. The average Bonchev–Trinajstić information content (AvgIpc) is 3.21. The molecule has 0 saturated carbocycles. The summed E-state index contributed by atoms with van der Waals surface area (Å²) in [5.41, 5.74) is 3.75. The van der Waals surface area contributed by atoms with Gasteiger partial charge in [0, 0.05) is 21.9 Å². The number of hydrogen-bond donors (Lipinski definition) is 2. The van der Waals surface area contributed by atoms with Crippen molar-refractivity contribution in [2.24, 2.45) is 0 Å². The van der Waals surface area contributed by atoms with E-state index in [0.717, 1.165) is 33.2 Å². The molecule has 2 N–H and O–H groups in total. The number of nitrogens with one attached hydrogen (secondary N) is 1. The van der Waals surface area contributed by atoms with E-state index in [1.54, 1.807) is 6.07 Å². The highest BCUT2D eigenvalue weighted by Crippen LogP contribution is 2.38. The first kappa shape index (κ1) is 22.5. The molecule has 0 atom stereocenters. The van der Waals surface area contributed by atoms with Gasteiger partial charge in [0.2, 0.25) is 5.88 Å². The maximum absolute atomic E-state index is 15.1. The summed E-state index contributed by atoms with van der Waals surface area (Å²) in [6.07, 6.45) is -0.538. The molecule has 5 aromatic rings. The van der Waals surface area contributed by atoms with Gasteiger partial charge in [0.1, 0.15) is 11.6 Å². The van der Waals surface area contributed by atoms with Crippen LogP contribution in [0.1, 0.15) is 17.5 Å². The average molecular weight is 470 g/mol. The lowest BCUT2D eigenvalue weighted by molar-refractivity contribution is 0.142. The van der Waals surface area contributed by atoms with E-state index in [4.69, 9.17) is 9.47 Å². The Bertz CT molecular complexity index is 1530. The number of aromatic nitrogens is 1. The summed E-state index contributed by atoms with van der Waals surface area (Å²) in [5, 5.41) is 11.7. The smallest absolute Gasteiger partial charge is 0.493 e. The van der Waals surface area contributed by atoms with E-state index in [-0.39, 0.29) is 5.88 Å². The Morgan fingerprint density at radius 2 is 1.71 bits per heavy atom. The molecule has 35 heavy (non-hydrogen) atoms. The van der Waals surface area contributed by atoms with Gasteiger partial charge in [0.05, 0.1) is 12.1 Å². The predicted molar refractivity (Wildman–Crippen MR) is 135 cm³/mol. The van der Waals surface area contributed by atoms with Crippen molar-refractivity contribution in [1.29, 1.82) is 0 Å². The van der Waals surface area contributed by atoms with Crippen molar-refractivity contribution in [3.05, 3.63) is 95.8 Å². The Hall–Kier alpha value is -4.32. The summed E-state index contributed by atoms with van der Waals surface area (Å²) >= 11 is 0. The molecule has 0 aliphatic rings. The maximum Gasteiger partial charge on any atom is 0.512 e. The van der Waals surface area contributed by atoms with Gasteiger partial charge in [0.25, 0.3) is 0 Å². The minimum absolute atomic E-state index is 0.0394. The monoisotopic (exact) mass is 469 g/mol. The predicted octanol–water partition coefficient (Wildman–Crippen LogP) is 7.50. The maximum atomic E-state index is 15.1. The molecule has 0 bridgehead atoms. The van der Waals surface area contributed by atoms with Crippen molar-refractivity contribution < 1.29 is 23.8 Å². The Balaban J connectivity index is 1.46. The van der Waals surface area contributed by atoms with Crippen LogP contribution in [0, 0.1) is 12.7 Å². The van der Waals surface area contributed by atoms with Crippen LogP contribution in [0.2, 0.25) is 0 Å². The Morgan fingerprint density at radius 3 is 2.54 bits per heavy atom. The molecule has 0 aliphatic carbocycles. The van der Waals surface area contributed by atoms with Crippen molar-refractivity contribution in [1.82, 2.24) is 4.98 Å². The van der Waals surface area contributed by atoms with Gasteiger partial charge < -0.3 is 19.6 Å². The van der Waals surface area contributed by atoms with E-state index in [1.165, 1.54) is 6.07 Å². The number of halogens is 1. The number of carboxylic acid groups (broad SMARTS) is 1. The fraction of sp³-hybridized carbons (Fsp3) is 0.138. The zero-order chi connectivity index (χ0) is 24.4. The van der Waals surface area contributed by atoms with Crippen LogP contribution in [0.3, 0.4) is 0 Å². The van der Waals surface area contributed by atoms with Crippen molar-refractivity contribution in [3.63, 3.8) is 0 Å². The number of ether oxygens (including phenoxy) is 2. The molecule has 0 radical (unpaired) electrons. The lowest BCUT2D eigenvalue weighted by Gasteiger charge is -2.10. The summed E-state index contributed by atoms with van der Waals surface area (Å²) < 4.78 is 26.1. The number of hydrogen-bond acceptors (Lipinski definition) is 3. The summed E-state index contributed by atoms with van der Waals surface area (Å²) in [7, 11) is 0. The first-order valence-corrected chi connectivity index (χ1v) is 11.4. The van der Waals surface area contributed by atoms with Crippen molar-refractivity contribution in [2.45, 2.75) is 19.8 Å². The summed E-state index contributed by atoms with van der Waals surface area (Å²) in [5.74, 6) is 0.383. The highest BCUT2D eigenvalue weighted by molar-refractivity contribution is 5.99. The molecule has 1 heterocycles. The van der Waals surface area contributed by atoms with Gasteiger partial charge in [0.15, 0.2) is 0 Å². The van der Waals surface area contributed by atoms with Crippen LogP contribution < -0.4 is 9.47 Å². The number of H-pyrrole nitrogens is 1. The third-order valence-electron chi connectivity index (χ3n) is 6.17. The number of fused-ring (bicyclic) bond motifs is 2. The molecule has 0 spiro atoms. The molecular formula is C29H24FNO4. The van der Waals surface area contributed by atoms with Crippen LogP contribution in [0.15, 0.2) is 78.9 Å². The fourth-order valence-corrected chi connectivity index (χ4v) is 4.57. The van der Waals surface area contributed by atoms with E-state index in [1.807, 2.05) is 73.7 Å². The largest absolute Gasteiger partial charge is 0.512 e. The zero-order valence-electron chi connectivity index (χ0n) is 19.2. The summed E-state index contributed by atoms with van der Waals surface area (Å²) in [4.78, 5) is 14.4. The minimum atomic E-state index is -1.46. The van der Waals surface area contributed by atoms with E-state index >= 15 is 4.39 Å². The van der Waals surface area contributed by atoms with Crippen LogP contribution in [0.25, 0.3) is 32.8 Å². The highest BCUT2D eigenvalue weighted by atomic mass is 19.1. The topological polar surface area (TPSA) is 71.6 Å². The molecule has 0 aliphatic heterocycles. The molecule has 0 saturated heterocycles. The number of aromatic amines is 1. The second kappa shape index (κ2) is 9.50. The van der Waals surface area contributed by atoms with Crippen molar-refractivity contribution in [2.75, 3.05) is 6.61 Å². The standard InChI is InChI=1S/C29H24FNO4/c1-18-8-2-4-11-20(18)22-15-16-24(30)26-23(28(31-27(22)26)35-29(32)33)13-7-17-34-25-14-6-10-19-9-3-5-12-21(19)25/h2-6,8-12,14-16,31H,7,13,17H2,1H3,(H,32,33). The molecule has 6 heteroatoms. The first-order chi connectivity index (χ1) is 17.0. The third kappa shape index (κ3) is 4.43. The molecule has 5 rings (SSSR count). The van der Waals surface area contributed by atoms with Crippen LogP contribution in [0.4, 0.5) is 9.18 Å². The van der Waals surface area contributed by atoms with Crippen LogP contribution in [-0.2, 0) is 6.42 Å². The summed E-state index contributed by atoms with van der Waals surface area (Å²) in [6.45, 7) is 2.36. The van der Waals surface area contributed by atoms with E-state index < -0.39 is 12.0 Å². The third-order valence-corrected chi connectivity index (χ3v) is 6.17. The zero-order valence-corrected chi connectivity index (χ0v) is 19.2. The number of aryl methyl sites for hydroxylation is 2. The Morgan fingerprint density at radius 1 is 0.943 bits per heavy atom. The van der Waals surface area contributed by atoms with Crippen LogP contribution >= 0.6 is 0 Å². The minimum Gasteiger partial charge on any atom is -0.493 e.